The third-order valence-electron chi connectivity index (χ3n) is 6.75. The Morgan fingerprint density at radius 1 is 0.972 bits per heavy atom. The highest BCUT2D eigenvalue weighted by Gasteiger charge is 2.55. The Morgan fingerprint density at radius 3 is 2.33 bits per heavy atom. The molecule has 2 aliphatic heterocycles. The Morgan fingerprint density at radius 2 is 1.69 bits per heavy atom. The second-order valence-electron chi connectivity index (χ2n) is 9.17. The van der Waals surface area contributed by atoms with Crippen LogP contribution in [-0.4, -0.2) is 71.7 Å². The zero-order valence-corrected chi connectivity index (χ0v) is 21.1. The van der Waals surface area contributed by atoms with Gasteiger partial charge in [0, 0.05) is 24.0 Å². The van der Waals surface area contributed by atoms with Gasteiger partial charge in [-0.3, -0.25) is 9.59 Å². The van der Waals surface area contributed by atoms with E-state index in [1.165, 1.54) is 29.2 Å². The van der Waals surface area contributed by atoms with Crippen LogP contribution >= 0.6 is 23.2 Å². The number of fused-ring (bicyclic) bond motifs is 1. The van der Waals surface area contributed by atoms with Crippen LogP contribution in [0, 0.1) is 11.6 Å². The molecule has 5 rings (SSSR count). The first kappa shape index (κ1) is 25.3. The highest BCUT2D eigenvalue weighted by atomic mass is 35.5. The van der Waals surface area contributed by atoms with E-state index >= 15 is 0 Å². The number of hydrogen-bond donors (Lipinski definition) is 1. The normalized spacial score (nSPS) is 25.3. The van der Waals surface area contributed by atoms with Crippen molar-refractivity contribution >= 4 is 45.0 Å². The van der Waals surface area contributed by atoms with E-state index in [0.717, 1.165) is 29.3 Å². The smallest absolute Gasteiger partial charge is 0.246 e. The summed E-state index contributed by atoms with van der Waals surface area (Å²) in [5.74, 6) is -3.11. The van der Waals surface area contributed by atoms with Crippen LogP contribution in [0.5, 0.6) is 0 Å². The van der Waals surface area contributed by atoms with Gasteiger partial charge in [0.25, 0.3) is 0 Å². The van der Waals surface area contributed by atoms with Crippen LogP contribution in [0.25, 0.3) is 0 Å². The predicted octanol–water partition coefficient (Wildman–Crippen LogP) is 2.37. The molecular weight excluding hydrogens is 537 g/mol. The Bertz CT molecular complexity index is 1360. The van der Waals surface area contributed by atoms with Crippen LogP contribution in [0.1, 0.15) is 18.4 Å². The number of piperazine rings is 1. The van der Waals surface area contributed by atoms with Crippen LogP contribution in [-0.2, 0) is 26.0 Å². The van der Waals surface area contributed by atoms with Crippen LogP contribution in [0.3, 0.4) is 0 Å². The molecule has 192 valence electrons. The van der Waals surface area contributed by atoms with E-state index in [2.05, 4.69) is 0 Å². The average Bonchev–Trinajstić information content (AvgIpc) is 3.65. The maximum atomic E-state index is 13.9. The lowest BCUT2D eigenvalue weighted by Crippen LogP contribution is -2.75. The molecule has 3 fully saturated rings. The van der Waals surface area contributed by atoms with Gasteiger partial charge >= 0.3 is 0 Å². The third kappa shape index (κ3) is 4.37. The molecule has 2 heterocycles. The van der Waals surface area contributed by atoms with Crippen molar-refractivity contribution in [3.8, 4) is 0 Å². The molecule has 8 nitrogen and oxygen atoms in total. The van der Waals surface area contributed by atoms with Gasteiger partial charge in [0.15, 0.2) is 11.6 Å². The largest absolute Gasteiger partial charge is 0.334 e. The Hall–Kier alpha value is -2.31. The molecule has 0 spiro atoms. The number of hydrogen-bond acceptors (Lipinski definition) is 5. The Labute approximate surface area is 216 Å². The highest BCUT2D eigenvalue weighted by molar-refractivity contribution is 7.89. The van der Waals surface area contributed by atoms with Gasteiger partial charge in [0.2, 0.25) is 21.8 Å². The summed E-state index contributed by atoms with van der Waals surface area (Å²) < 4.78 is 56.0. The molecule has 2 aromatic carbocycles. The molecule has 1 saturated carbocycles. The average molecular weight is 559 g/mol. The van der Waals surface area contributed by atoms with Gasteiger partial charge in [-0.1, -0.05) is 29.3 Å². The minimum atomic E-state index is -4.27. The lowest BCUT2D eigenvalue weighted by atomic mass is 9.97. The van der Waals surface area contributed by atoms with Crippen LogP contribution in [0.15, 0.2) is 41.3 Å². The number of carbonyl (C=O) groups is 2. The molecule has 2 aromatic rings. The maximum absolute atomic E-state index is 13.9. The monoisotopic (exact) mass is 558 g/mol. The third-order valence-corrected chi connectivity index (χ3v) is 9.33. The van der Waals surface area contributed by atoms with Crippen LogP contribution in [0.2, 0.25) is 10.0 Å². The summed E-state index contributed by atoms with van der Waals surface area (Å²) in [5, 5.41) is 0.157. The molecule has 0 aromatic heterocycles. The highest BCUT2D eigenvalue weighted by Crippen LogP contribution is 2.37. The van der Waals surface area contributed by atoms with E-state index in [4.69, 9.17) is 28.9 Å². The molecule has 13 heteroatoms. The molecule has 2 amide bonds. The lowest BCUT2D eigenvalue weighted by molar-refractivity contribution is -0.166. The fourth-order valence-corrected chi connectivity index (χ4v) is 7.19. The van der Waals surface area contributed by atoms with Gasteiger partial charge in [-0.15, -0.1) is 0 Å². The van der Waals surface area contributed by atoms with Gasteiger partial charge in [-0.05, 0) is 48.7 Å². The van der Waals surface area contributed by atoms with E-state index in [1.54, 1.807) is 4.90 Å². The first-order chi connectivity index (χ1) is 17.0. The summed E-state index contributed by atoms with van der Waals surface area (Å²) in [6.45, 7) is -0.355. The number of nitrogens with zero attached hydrogens (tertiary/aromatic N) is 3. The van der Waals surface area contributed by atoms with Crippen molar-refractivity contribution in [3.63, 3.8) is 0 Å². The minimum Gasteiger partial charge on any atom is -0.334 e. The SMILES string of the molecule is NC1CN(S(=O)(=O)c2ccc(Cl)cc2Cl)C2CN(C3CC3)C(=O)C(Cc3ccc(F)c(F)c3)N2C1=O. The molecule has 3 unspecified atom stereocenters. The molecule has 3 atom stereocenters. The van der Waals surface area contributed by atoms with E-state index in [1.807, 2.05) is 0 Å². The number of rotatable bonds is 5. The molecule has 36 heavy (non-hydrogen) atoms. The van der Waals surface area contributed by atoms with Gasteiger partial charge in [-0.2, -0.15) is 4.31 Å². The van der Waals surface area contributed by atoms with E-state index < -0.39 is 45.8 Å². The number of halogens is 4. The van der Waals surface area contributed by atoms with Crippen molar-refractivity contribution in [3.05, 3.63) is 63.6 Å². The first-order valence-corrected chi connectivity index (χ1v) is 13.5. The Kier molecular flexibility index (Phi) is 6.49. The van der Waals surface area contributed by atoms with Crippen LogP contribution in [0.4, 0.5) is 8.78 Å². The van der Waals surface area contributed by atoms with Gasteiger partial charge in [0.05, 0.1) is 17.6 Å². The topological polar surface area (TPSA) is 104 Å². The molecule has 0 radical (unpaired) electrons. The lowest BCUT2D eigenvalue weighted by Gasteiger charge is -2.53. The zero-order chi connectivity index (χ0) is 25.9. The summed E-state index contributed by atoms with van der Waals surface area (Å²) in [5.41, 5.74) is 6.36. The maximum Gasteiger partial charge on any atom is 0.246 e. The summed E-state index contributed by atoms with van der Waals surface area (Å²) in [4.78, 5) is 29.3. The van der Waals surface area contributed by atoms with Gasteiger partial charge < -0.3 is 15.5 Å². The van der Waals surface area contributed by atoms with E-state index in [0.29, 0.717) is 0 Å². The van der Waals surface area contributed by atoms with E-state index in [-0.39, 0.29) is 52.0 Å². The van der Waals surface area contributed by atoms with Gasteiger partial charge in [-0.25, -0.2) is 17.2 Å². The second-order valence-corrected chi connectivity index (χ2v) is 11.9. The summed E-state index contributed by atoms with van der Waals surface area (Å²) >= 11 is 12.2. The van der Waals surface area contributed by atoms with Gasteiger partial charge in [0.1, 0.15) is 17.1 Å². The van der Waals surface area contributed by atoms with Crippen LogP contribution < -0.4 is 5.73 Å². The predicted molar refractivity (Wildman–Crippen MR) is 128 cm³/mol. The second kappa shape index (κ2) is 9.21. The molecular formula is C23H22Cl2F2N4O4S. The number of benzene rings is 2. The fourth-order valence-electron chi connectivity index (χ4n) is 4.85. The Balaban J connectivity index is 1.57. The van der Waals surface area contributed by atoms with Crippen molar-refractivity contribution in [1.29, 1.82) is 0 Å². The van der Waals surface area contributed by atoms with Crippen molar-refractivity contribution < 1.29 is 26.8 Å². The fraction of sp³-hybridized carbons (Fsp3) is 0.391. The zero-order valence-electron chi connectivity index (χ0n) is 18.8. The standard InChI is InChI=1S/C23H22Cl2F2N4O4S/c24-13-2-6-20(15(25)9-13)36(34,35)30-10-18(28)22(32)31-19(8-12-1-5-16(26)17(27)7-12)23(33)29(11-21(30)31)14-3-4-14/h1-2,5-7,9,14,18-19,21H,3-4,8,10-11,28H2. The summed E-state index contributed by atoms with van der Waals surface area (Å²) in [7, 11) is -4.27. The number of amides is 2. The minimum absolute atomic E-state index is 0.0410. The molecule has 2 N–H and O–H groups in total. The van der Waals surface area contributed by atoms with Crippen molar-refractivity contribution in [1.82, 2.24) is 14.1 Å². The van der Waals surface area contributed by atoms with Crippen molar-refractivity contribution in [2.75, 3.05) is 13.1 Å². The summed E-state index contributed by atoms with van der Waals surface area (Å²) in [6.07, 6.45) is 0.311. The molecule has 0 bridgehead atoms. The summed E-state index contributed by atoms with van der Waals surface area (Å²) in [6, 6.07) is 4.73. The molecule has 2 saturated heterocycles. The molecule has 1 aliphatic carbocycles. The quantitative estimate of drug-likeness (QED) is 0.606. The van der Waals surface area contributed by atoms with Crippen molar-refractivity contribution in [2.45, 2.75) is 48.4 Å². The van der Waals surface area contributed by atoms with E-state index in [9.17, 15) is 26.8 Å². The number of sulfonamides is 1. The number of carbonyl (C=O) groups excluding carboxylic acids is 2. The number of nitrogens with two attached hydrogens (primary N) is 1. The van der Waals surface area contributed by atoms with Crippen molar-refractivity contribution in [2.24, 2.45) is 5.73 Å². The molecule has 3 aliphatic rings. The first-order valence-electron chi connectivity index (χ1n) is 11.3.